The summed E-state index contributed by atoms with van der Waals surface area (Å²) in [5, 5.41) is 3.11. The van der Waals surface area contributed by atoms with Gasteiger partial charge in [0.25, 0.3) is 5.56 Å². The third-order valence-corrected chi connectivity index (χ3v) is 2.12. The maximum absolute atomic E-state index is 11.3. The quantitative estimate of drug-likeness (QED) is 0.801. The van der Waals surface area contributed by atoms with Crippen molar-refractivity contribution in [3.05, 3.63) is 53.1 Å². The highest BCUT2D eigenvalue weighted by Crippen LogP contribution is 2.11. The molecule has 0 saturated heterocycles. The fraction of sp³-hybridized carbons (Fsp3) is 0.0909. The number of anilines is 2. The van der Waals surface area contributed by atoms with Gasteiger partial charge in [-0.15, -0.1) is 0 Å². The Kier molecular flexibility index (Phi) is 2.49. The lowest BCUT2D eigenvalue weighted by molar-refractivity contribution is 0.870. The van der Waals surface area contributed by atoms with Crippen molar-refractivity contribution in [3.8, 4) is 0 Å². The summed E-state index contributed by atoms with van der Waals surface area (Å²) >= 11 is 0. The molecule has 2 rings (SSSR count). The molecule has 4 heteroatoms. The highest BCUT2D eigenvalue weighted by Gasteiger charge is 1.98. The van der Waals surface area contributed by atoms with Gasteiger partial charge in [-0.3, -0.25) is 14.3 Å². The van der Waals surface area contributed by atoms with Crippen LogP contribution in [0.4, 0.5) is 11.5 Å². The molecule has 1 N–H and O–H groups in total. The SMILES string of the molecule is Cn1c(Nc2cccnc2)cccc1=O. The zero-order valence-corrected chi connectivity index (χ0v) is 8.34. The average Bonchev–Trinajstić information content (AvgIpc) is 2.26. The fourth-order valence-corrected chi connectivity index (χ4v) is 1.27. The van der Waals surface area contributed by atoms with Crippen molar-refractivity contribution < 1.29 is 0 Å². The minimum Gasteiger partial charge on any atom is -0.340 e. The monoisotopic (exact) mass is 201 g/mol. The van der Waals surface area contributed by atoms with Gasteiger partial charge in [-0.2, -0.15) is 0 Å². The van der Waals surface area contributed by atoms with Gasteiger partial charge in [-0.05, 0) is 18.2 Å². The molecular formula is C11H11N3O. The molecule has 0 fully saturated rings. The first-order chi connectivity index (χ1) is 7.27. The molecule has 4 nitrogen and oxygen atoms in total. The Labute approximate surface area is 87.2 Å². The second-order valence-corrected chi connectivity index (χ2v) is 3.17. The van der Waals surface area contributed by atoms with Gasteiger partial charge < -0.3 is 5.32 Å². The number of aromatic nitrogens is 2. The smallest absolute Gasteiger partial charge is 0.251 e. The van der Waals surface area contributed by atoms with Crippen molar-refractivity contribution in [1.29, 1.82) is 0 Å². The molecule has 0 saturated carbocycles. The van der Waals surface area contributed by atoms with Crippen LogP contribution in [0.15, 0.2) is 47.5 Å². The van der Waals surface area contributed by atoms with E-state index in [1.54, 1.807) is 30.1 Å². The molecule has 0 atom stereocenters. The van der Waals surface area contributed by atoms with Crippen molar-refractivity contribution in [3.63, 3.8) is 0 Å². The van der Waals surface area contributed by atoms with E-state index >= 15 is 0 Å². The Balaban J connectivity index is 2.33. The predicted octanol–water partition coefficient (Wildman–Crippen LogP) is 1.52. The van der Waals surface area contributed by atoms with Crippen molar-refractivity contribution in [1.82, 2.24) is 9.55 Å². The molecule has 15 heavy (non-hydrogen) atoms. The second kappa shape index (κ2) is 3.96. The molecule has 76 valence electrons. The maximum atomic E-state index is 11.3. The average molecular weight is 201 g/mol. The number of hydrogen-bond donors (Lipinski definition) is 1. The van der Waals surface area contributed by atoms with Crippen LogP contribution in [0.2, 0.25) is 0 Å². The van der Waals surface area contributed by atoms with Crippen LogP contribution in [0.25, 0.3) is 0 Å². The predicted molar refractivity (Wildman–Crippen MR) is 59.2 cm³/mol. The molecule has 0 amide bonds. The van der Waals surface area contributed by atoms with Crippen LogP contribution in [0, 0.1) is 0 Å². The van der Waals surface area contributed by atoms with Crippen molar-refractivity contribution in [2.24, 2.45) is 7.05 Å². The van der Waals surface area contributed by atoms with Gasteiger partial charge in [-0.25, -0.2) is 0 Å². The van der Waals surface area contributed by atoms with Crippen LogP contribution in [0.5, 0.6) is 0 Å². The van der Waals surface area contributed by atoms with Crippen molar-refractivity contribution in [2.45, 2.75) is 0 Å². The highest BCUT2D eigenvalue weighted by atomic mass is 16.1. The van der Waals surface area contributed by atoms with Gasteiger partial charge in [0, 0.05) is 19.3 Å². The summed E-state index contributed by atoms with van der Waals surface area (Å²) in [6, 6.07) is 8.82. The molecule has 0 aliphatic carbocycles. The van der Waals surface area contributed by atoms with Crippen LogP contribution < -0.4 is 10.9 Å². The van der Waals surface area contributed by atoms with Crippen LogP contribution in [0.1, 0.15) is 0 Å². The Morgan fingerprint density at radius 1 is 1.27 bits per heavy atom. The molecule has 0 unspecified atom stereocenters. The van der Waals surface area contributed by atoms with E-state index in [1.165, 1.54) is 6.07 Å². The third kappa shape index (κ3) is 2.04. The van der Waals surface area contributed by atoms with Crippen molar-refractivity contribution >= 4 is 11.5 Å². The minimum absolute atomic E-state index is 0.0381. The van der Waals surface area contributed by atoms with Gasteiger partial charge in [0.1, 0.15) is 5.82 Å². The zero-order valence-electron chi connectivity index (χ0n) is 8.34. The van der Waals surface area contributed by atoms with Crippen LogP contribution in [0.3, 0.4) is 0 Å². The number of nitrogens with one attached hydrogen (secondary N) is 1. The van der Waals surface area contributed by atoms with Crippen LogP contribution >= 0.6 is 0 Å². The van der Waals surface area contributed by atoms with Crippen LogP contribution in [-0.4, -0.2) is 9.55 Å². The first-order valence-electron chi connectivity index (χ1n) is 4.60. The molecule has 2 heterocycles. The maximum Gasteiger partial charge on any atom is 0.251 e. The van der Waals surface area contributed by atoms with Crippen molar-refractivity contribution in [2.75, 3.05) is 5.32 Å². The molecule has 0 spiro atoms. The Morgan fingerprint density at radius 2 is 2.13 bits per heavy atom. The summed E-state index contributed by atoms with van der Waals surface area (Å²) in [5.74, 6) is 0.746. The standard InChI is InChI=1S/C11H11N3O/c1-14-10(5-2-6-11(14)15)13-9-4-3-7-12-8-9/h2-8,13H,1H3. The Hall–Kier alpha value is -2.10. The molecule has 0 radical (unpaired) electrons. The molecule has 0 aliphatic rings. The van der Waals surface area contributed by atoms with E-state index < -0.39 is 0 Å². The lowest BCUT2D eigenvalue weighted by atomic mass is 10.4. The topological polar surface area (TPSA) is 46.9 Å². The Morgan fingerprint density at radius 3 is 2.87 bits per heavy atom. The zero-order chi connectivity index (χ0) is 10.7. The summed E-state index contributed by atoms with van der Waals surface area (Å²) in [7, 11) is 1.72. The first kappa shape index (κ1) is 9.45. The largest absolute Gasteiger partial charge is 0.340 e. The second-order valence-electron chi connectivity index (χ2n) is 3.17. The van der Waals surface area contributed by atoms with Gasteiger partial charge >= 0.3 is 0 Å². The number of nitrogens with zero attached hydrogens (tertiary/aromatic N) is 2. The number of rotatable bonds is 2. The normalized spacial score (nSPS) is 9.93. The van der Waals surface area contributed by atoms with E-state index in [1.807, 2.05) is 18.2 Å². The molecule has 2 aromatic rings. The summed E-state index contributed by atoms with van der Waals surface area (Å²) in [6.45, 7) is 0. The van der Waals surface area contributed by atoms with Gasteiger partial charge in [0.15, 0.2) is 0 Å². The summed E-state index contributed by atoms with van der Waals surface area (Å²) in [5.41, 5.74) is 0.822. The van der Waals surface area contributed by atoms with Gasteiger partial charge in [0.2, 0.25) is 0 Å². The van der Waals surface area contributed by atoms with E-state index in [0.717, 1.165) is 11.5 Å². The van der Waals surface area contributed by atoms with Gasteiger partial charge in [-0.1, -0.05) is 6.07 Å². The highest BCUT2D eigenvalue weighted by molar-refractivity contribution is 5.54. The van der Waals surface area contributed by atoms with Gasteiger partial charge in [0.05, 0.1) is 11.9 Å². The first-order valence-corrected chi connectivity index (χ1v) is 4.60. The lowest BCUT2D eigenvalue weighted by Gasteiger charge is -2.09. The van der Waals surface area contributed by atoms with E-state index in [9.17, 15) is 4.79 Å². The van der Waals surface area contributed by atoms with Crippen LogP contribution in [-0.2, 0) is 7.05 Å². The lowest BCUT2D eigenvalue weighted by Crippen LogP contribution is -2.17. The summed E-state index contributed by atoms with van der Waals surface area (Å²) in [4.78, 5) is 15.3. The third-order valence-electron chi connectivity index (χ3n) is 2.12. The number of hydrogen-bond acceptors (Lipinski definition) is 3. The molecular weight excluding hydrogens is 190 g/mol. The van der Waals surface area contributed by atoms with E-state index in [4.69, 9.17) is 0 Å². The van der Waals surface area contributed by atoms with E-state index in [0.29, 0.717) is 0 Å². The van der Waals surface area contributed by atoms with E-state index in [2.05, 4.69) is 10.3 Å². The summed E-state index contributed by atoms with van der Waals surface area (Å²) in [6.07, 6.45) is 3.41. The van der Waals surface area contributed by atoms with E-state index in [-0.39, 0.29) is 5.56 Å². The molecule has 0 aromatic carbocycles. The number of pyridine rings is 2. The Bertz CT molecular complexity index is 505. The summed E-state index contributed by atoms with van der Waals surface area (Å²) < 4.78 is 1.55. The molecule has 2 aromatic heterocycles. The fourth-order valence-electron chi connectivity index (χ4n) is 1.27. The molecule has 0 aliphatic heterocycles. The molecule has 0 bridgehead atoms. The minimum atomic E-state index is -0.0381.